The molecule has 1 amide bonds. The molecule has 1 aliphatic heterocycles. The Morgan fingerprint density at radius 3 is 2.77 bits per heavy atom. The quantitative estimate of drug-likeness (QED) is 0.473. The molecular weight excluding hydrogens is 382 g/mol. The zero-order valence-electron chi connectivity index (χ0n) is 17.4. The monoisotopic (exact) mass is 407 g/mol. The van der Waals surface area contributed by atoms with Crippen molar-refractivity contribution in [3.63, 3.8) is 0 Å². The van der Waals surface area contributed by atoms with Gasteiger partial charge in [0.1, 0.15) is 0 Å². The van der Waals surface area contributed by atoms with E-state index in [0.29, 0.717) is 5.92 Å². The Balaban J connectivity index is 1.30. The van der Waals surface area contributed by atoms with Crippen LogP contribution < -0.4 is 0 Å². The highest BCUT2D eigenvalue weighted by Gasteiger charge is 2.38. The van der Waals surface area contributed by atoms with Gasteiger partial charge in [-0.05, 0) is 66.1 Å². The van der Waals surface area contributed by atoms with Crippen LogP contribution in [0.25, 0.3) is 22.2 Å². The second-order valence-corrected chi connectivity index (χ2v) is 8.77. The summed E-state index contributed by atoms with van der Waals surface area (Å²) in [5.41, 5.74) is 8.00. The molecule has 1 aliphatic carbocycles. The van der Waals surface area contributed by atoms with Gasteiger partial charge in [-0.1, -0.05) is 48.5 Å². The van der Waals surface area contributed by atoms with Gasteiger partial charge in [0.2, 0.25) is 0 Å². The van der Waals surface area contributed by atoms with E-state index in [-0.39, 0.29) is 11.9 Å². The van der Waals surface area contributed by atoms with Crippen molar-refractivity contribution < 1.29 is 4.79 Å². The Hall–Kier alpha value is -3.40. The average Bonchev–Trinajstić information content (AvgIpc) is 3.31. The SMILES string of the molecule is O=C(c1ccc2[nH]cnc2c1)N1CCC[C@@H]2c3ccc(-c4ccccc4)cc3CCC21. The van der Waals surface area contributed by atoms with Gasteiger partial charge in [0.25, 0.3) is 5.91 Å². The van der Waals surface area contributed by atoms with E-state index in [0.717, 1.165) is 48.8 Å². The lowest BCUT2D eigenvalue weighted by atomic mass is 9.73. The summed E-state index contributed by atoms with van der Waals surface area (Å²) < 4.78 is 0. The molecule has 4 aromatic rings. The van der Waals surface area contributed by atoms with Crippen molar-refractivity contribution in [2.24, 2.45) is 0 Å². The zero-order valence-corrected chi connectivity index (χ0v) is 17.4. The second-order valence-electron chi connectivity index (χ2n) is 8.77. The average molecular weight is 408 g/mol. The van der Waals surface area contributed by atoms with E-state index in [1.54, 1.807) is 6.33 Å². The third kappa shape index (κ3) is 3.14. The van der Waals surface area contributed by atoms with Crippen LogP contribution >= 0.6 is 0 Å². The van der Waals surface area contributed by atoms with Crippen LogP contribution in [0.3, 0.4) is 0 Å². The minimum atomic E-state index is 0.143. The second kappa shape index (κ2) is 7.38. The van der Waals surface area contributed by atoms with Gasteiger partial charge in [0.05, 0.1) is 17.4 Å². The number of benzene rings is 3. The van der Waals surface area contributed by atoms with E-state index in [1.165, 1.54) is 22.3 Å². The molecule has 1 N–H and O–H groups in total. The van der Waals surface area contributed by atoms with Gasteiger partial charge in [-0.25, -0.2) is 4.98 Å². The molecule has 1 fully saturated rings. The lowest BCUT2D eigenvalue weighted by molar-refractivity contribution is 0.0547. The first-order valence-corrected chi connectivity index (χ1v) is 11.2. The van der Waals surface area contributed by atoms with Crippen LogP contribution in [-0.4, -0.2) is 33.4 Å². The maximum Gasteiger partial charge on any atom is 0.254 e. The van der Waals surface area contributed by atoms with E-state index in [9.17, 15) is 4.79 Å². The number of piperidine rings is 1. The van der Waals surface area contributed by atoms with Crippen molar-refractivity contribution >= 4 is 16.9 Å². The highest BCUT2D eigenvalue weighted by atomic mass is 16.2. The Kier molecular flexibility index (Phi) is 4.37. The van der Waals surface area contributed by atoms with Gasteiger partial charge in [0.15, 0.2) is 0 Å². The molecule has 4 nitrogen and oxygen atoms in total. The number of carbonyl (C=O) groups excluding carboxylic acids is 1. The van der Waals surface area contributed by atoms with E-state index >= 15 is 0 Å². The number of nitrogens with zero attached hydrogens (tertiary/aromatic N) is 2. The molecule has 1 aromatic heterocycles. The van der Waals surface area contributed by atoms with E-state index in [2.05, 4.69) is 63.4 Å². The van der Waals surface area contributed by atoms with Crippen LogP contribution in [-0.2, 0) is 6.42 Å². The van der Waals surface area contributed by atoms with Gasteiger partial charge in [-0.3, -0.25) is 4.79 Å². The number of likely N-dealkylation sites (tertiary alicyclic amines) is 1. The molecule has 4 heteroatoms. The number of fused-ring (bicyclic) bond motifs is 4. The molecule has 0 radical (unpaired) electrons. The van der Waals surface area contributed by atoms with Crippen molar-refractivity contribution in [1.82, 2.24) is 14.9 Å². The lowest BCUT2D eigenvalue weighted by Gasteiger charge is -2.45. The summed E-state index contributed by atoms with van der Waals surface area (Å²) in [6.45, 7) is 0.843. The van der Waals surface area contributed by atoms with Crippen molar-refractivity contribution in [2.75, 3.05) is 6.54 Å². The summed E-state index contributed by atoms with van der Waals surface area (Å²) in [6, 6.07) is 23.6. The number of amides is 1. The Bertz CT molecular complexity index is 1260. The van der Waals surface area contributed by atoms with Gasteiger partial charge in [-0.2, -0.15) is 0 Å². The minimum Gasteiger partial charge on any atom is -0.345 e. The van der Waals surface area contributed by atoms with Gasteiger partial charge >= 0.3 is 0 Å². The zero-order chi connectivity index (χ0) is 20.8. The van der Waals surface area contributed by atoms with Crippen LogP contribution in [0.5, 0.6) is 0 Å². The largest absolute Gasteiger partial charge is 0.345 e. The minimum absolute atomic E-state index is 0.143. The number of hydrogen-bond acceptors (Lipinski definition) is 2. The number of hydrogen-bond donors (Lipinski definition) is 1. The molecule has 2 aliphatic rings. The lowest BCUT2D eigenvalue weighted by Crippen LogP contribution is -2.49. The highest BCUT2D eigenvalue weighted by molar-refractivity contribution is 5.97. The van der Waals surface area contributed by atoms with E-state index in [4.69, 9.17) is 0 Å². The van der Waals surface area contributed by atoms with E-state index < -0.39 is 0 Å². The Morgan fingerprint density at radius 1 is 0.968 bits per heavy atom. The molecule has 2 heterocycles. The van der Waals surface area contributed by atoms with Gasteiger partial charge in [0, 0.05) is 24.1 Å². The molecular formula is C27H25N3O. The van der Waals surface area contributed by atoms with Crippen LogP contribution in [0.2, 0.25) is 0 Å². The fourth-order valence-electron chi connectivity index (χ4n) is 5.56. The summed E-state index contributed by atoms with van der Waals surface area (Å²) in [5.74, 6) is 0.573. The molecule has 31 heavy (non-hydrogen) atoms. The molecule has 1 unspecified atom stereocenters. The maximum atomic E-state index is 13.5. The molecule has 154 valence electrons. The van der Waals surface area contributed by atoms with Crippen molar-refractivity contribution in [1.29, 1.82) is 0 Å². The summed E-state index contributed by atoms with van der Waals surface area (Å²) >= 11 is 0. The molecule has 1 saturated heterocycles. The number of rotatable bonds is 2. The summed E-state index contributed by atoms with van der Waals surface area (Å²) in [7, 11) is 0. The maximum absolute atomic E-state index is 13.5. The first kappa shape index (κ1) is 18.4. The smallest absolute Gasteiger partial charge is 0.254 e. The summed E-state index contributed by atoms with van der Waals surface area (Å²) in [6.07, 6.45) is 5.95. The highest BCUT2D eigenvalue weighted by Crippen LogP contribution is 2.42. The molecule has 3 aromatic carbocycles. The number of aromatic amines is 1. The fourth-order valence-corrected chi connectivity index (χ4v) is 5.56. The third-order valence-electron chi connectivity index (χ3n) is 7.07. The van der Waals surface area contributed by atoms with E-state index in [1.807, 2.05) is 18.2 Å². The molecule has 0 bridgehead atoms. The van der Waals surface area contributed by atoms with Gasteiger partial charge < -0.3 is 9.88 Å². The number of carbonyl (C=O) groups is 1. The standard InChI is InChI=1S/C27H25N3O/c31-27(21-9-12-24-25(16-21)29-17-28-24)30-14-4-7-23-22-11-8-19(18-5-2-1-3-6-18)15-20(22)10-13-26(23)30/h1-3,5-6,8-9,11-12,15-17,23,26H,4,7,10,13-14H2,(H,28,29)/t23-,26?/m1/s1. The normalized spacial score (nSPS) is 20.3. The van der Waals surface area contributed by atoms with Crippen molar-refractivity contribution in [3.8, 4) is 11.1 Å². The van der Waals surface area contributed by atoms with Crippen molar-refractivity contribution in [2.45, 2.75) is 37.6 Å². The number of H-pyrrole nitrogens is 1. The molecule has 0 spiro atoms. The number of aromatic nitrogens is 2. The molecule has 0 saturated carbocycles. The van der Waals surface area contributed by atoms with Crippen molar-refractivity contribution in [3.05, 3.63) is 89.7 Å². The number of imidazole rings is 1. The molecule has 6 rings (SSSR count). The Morgan fingerprint density at radius 2 is 1.87 bits per heavy atom. The predicted molar refractivity (Wildman–Crippen MR) is 123 cm³/mol. The Labute approximate surface area is 181 Å². The first-order chi connectivity index (χ1) is 15.3. The topological polar surface area (TPSA) is 49.0 Å². The summed E-state index contributed by atoms with van der Waals surface area (Å²) in [4.78, 5) is 23.0. The van der Waals surface area contributed by atoms with Crippen LogP contribution in [0, 0.1) is 0 Å². The third-order valence-corrected chi connectivity index (χ3v) is 7.07. The van der Waals surface area contributed by atoms with Crippen LogP contribution in [0.4, 0.5) is 0 Å². The summed E-state index contributed by atoms with van der Waals surface area (Å²) in [5, 5.41) is 0. The number of nitrogens with one attached hydrogen (secondary N) is 1. The van der Waals surface area contributed by atoms with Gasteiger partial charge in [-0.15, -0.1) is 0 Å². The van der Waals surface area contributed by atoms with Crippen LogP contribution in [0.1, 0.15) is 46.7 Å². The number of aryl methyl sites for hydroxylation is 1. The first-order valence-electron chi connectivity index (χ1n) is 11.2. The van der Waals surface area contributed by atoms with Crippen LogP contribution in [0.15, 0.2) is 73.1 Å². The fraction of sp³-hybridized carbons (Fsp3) is 0.259. The predicted octanol–water partition coefficient (Wildman–Crippen LogP) is 5.56. The molecule has 2 atom stereocenters.